The average Bonchev–Trinajstić information content (AvgIpc) is 2.40. The maximum atomic E-state index is 11.7. The van der Waals surface area contributed by atoms with Gasteiger partial charge in [-0.3, -0.25) is 4.79 Å². The quantitative estimate of drug-likeness (QED) is 0.858. The SMILES string of the molecule is CC(N)C(=O)Nc1ccccc1N1CCCCC1. The molecule has 18 heavy (non-hydrogen) atoms. The van der Waals surface area contributed by atoms with E-state index in [1.807, 2.05) is 18.2 Å². The van der Waals surface area contributed by atoms with Crippen molar-refractivity contribution in [1.82, 2.24) is 0 Å². The van der Waals surface area contributed by atoms with Gasteiger partial charge in [-0.15, -0.1) is 0 Å². The predicted octanol–water partition coefficient (Wildman–Crippen LogP) is 1.96. The lowest BCUT2D eigenvalue weighted by atomic mass is 10.1. The molecule has 0 aromatic heterocycles. The van der Waals surface area contributed by atoms with Crippen molar-refractivity contribution in [3.05, 3.63) is 24.3 Å². The van der Waals surface area contributed by atoms with Crippen molar-refractivity contribution in [3.8, 4) is 0 Å². The summed E-state index contributed by atoms with van der Waals surface area (Å²) in [7, 11) is 0. The molecule has 1 unspecified atom stereocenters. The van der Waals surface area contributed by atoms with Crippen LogP contribution in [0.25, 0.3) is 0 Å². The Bertz CT molecular complexity index is 411. The van der Waals surface area contributed by atoms with Gasteiger partial charge in [-0.2, -0.15) is 0 Å². The van der Waals surface area contributed by atoms with Crippen LogP contribution in [-0.4, -0.2) is 25.0 Å². The summed E-state index contributed by atoms with van der Waals surface area (Å²) in [6.07, 6.45) is 3.73. The zero-order valence-electron chi connectivity index (χ0n) is 10.9. The summed E-state index contributed by atoms with van der Waals surface area (Å²) >= 11 is 0. The van der Waals surface area contributed by atoms with Crippen molar-refractivity contribution in [3.63, 3.8) is 0 Å². The van der Waals surface area contributed by atoms with Gasteiger partial charge < -0.3 is 16.0 Å². The summed E-state index contributed by atoms with van der Waals surface area (Å²) in [5.74, 6) is -0.139. The van der Waals surface area contributed by atoms with E-state index < -0.39 is 6.04 Å². The number of rotatable bonds is 3. The van der Waals surface area contributed by atoms with E-state index in [9.17, 15) is 4.79 Å². The number of hydrogen-bond acceptors (Lipinski definition) is 3. The summed E-state index contributed by atoms with van der Waals surface area (Å²) in [5, 5.41) is 2.90. The number of anilines is 2. The second kappa shape index (κ2) is 5.87. The highest BCUT2D eigenvalue weighted by atomic mass is 16.2. The third-order valence-corrected chi connectivity index (χ3v) is 3.27. The third-order valence-electron chi connectivity index (χ3n) is 3.27. The number of para-hydroxylation sites is 2. The highest BCUT2D eigenvalue weighted by Crippen LogP contribution is 2.28. The van der Waals surface area contributed by atoms with Crippen molar-refractivity contribution in [1.29, 1.82) is 0 Å². The molecule has 1 heterocycles. The molecular weight excluding hydrogens is 226 g/mol. The minimum Gasteiger partial charge on any atom is -0.370 e. The summed E-state index contributed by atoms with van der Waals surface area (Å²) in [5.41, 5.74) is 7.55. The van der Waals surface area contributed by atoms with Gasteiger partial charge in [0.15, 0.2) is 0 Å². The fraction of sp³-hybridized carbons (Fsp3) is 0.500. The van der Waals surface area contributed by atoms with Crippen LogP contribution >= 0.6 is 0 Å². The number of carbonyl (C=O) groups is 1. The van der Waals surface area contributed by atoms with Crippen LogP contribution in [0.3, 0.4) is 0 Å². The molecule has 0 bridgehead atoms. The lowest BCUT2D eigenvalue weighted by Crippen LogP contribution is -2.34. The first-order valence-corrected chi connectivity index (χ1v) is 6.59. The fourth-order valence-electron chi connectivity index (χ4n) is 2.24. The molecule has 2 rings (SSSR count). The number of nitrogens with zero attached hydrogens (tertiary/aromatic N) is 1. The number of piperidine rings is 1. The molecule has 4 nitrogen and oxygen atoms in total. The molecular formula is C14H21N3O. The van der Waals surface area contributed by atoms with Crippen LogP contribution in [0.1, 0.15) is 26.2 Å². The molecule has 0 radical (unpaired) electrons. The zero-order valence-corrected chi connectivity index (χ0v) is 10.9. The topological polar surface area (TPSA) is 58.4 Å². The molecule has 4 heteroatoms. The molecule has 1 amide bonds. The molecule has 1 fully saturated rings. The second-order valence-corrected chi connectivity index (χ2v) is 4.84. The smallest absolute Gasteiger partial charge is 0.241 e. The largest absolute Gasteiger partial charge is 0.370 e. The predicted molar refractivity (Wildman–Crippen MR) is 74.8 cm³/mol. The van der Waals surface area contributed by atoms with E-state index in [1.54, 1.807) is 6.92 Å². The third kappa shape index (κ3) is 3.01. The Labute approximate surface area is 108 Å². The van der Waals surface area contributed by atoms with Crippen LogP contribution in [0.4, 0.5) is 11.4 Å². The summed E-state index contributed by atoms with van der Waals surface area (Å²) in [6.45, 7) is 3.81. The van der Waals surface area contributed by atoms with Gasteiger partial charge in [0.2, 0.25) is 5.91 Å². The highest BCUT2D eigenvalue weighted by molar-refractivity contribution is 5.97. The van der Waals surface area contributed by atoms with Gasteiger partial charge in [-0.05, 0) is 38.3 Å². The number of nitrogens with one attached hydrogen (secondary N) is 1. The molecule has 1 aliphatic heterocycles. The molecule has 1 saturated heterocycles. The van der Waals surface area contributed by atoms with Crippen molar-refractivity contribution in [2.24, 2.45) is 5.73 Å². The lowest BCUT2D eigenvalue weighted by Gasteiger charge is -2.30. The van der Waals surface area contributed by atoms with Gasteiger partial charge in [0.05, 0.1) is 17.4 Å². The molecule has 98 valence electrons. The standard InChI is InChI=1S/C14H21N3O/c1-11(15)14(18)16-12-7-3-4-8-13(12)17-9-5-2-6-10-17/h3-4,7-8,11H,2,5-6,9-10,15H2,1H3,(H,16,18). The van der Waals surface area contributed by atoms with E-state index in [-0.39, 0.29) is 5.91 Å². The first-order valence-electron chi connectivity index (χ1n) is 6.59. The Morgan fingerprint density at radius 2 is 1.94 bits per heavy atom. The van der Waals surface area contributed by atoms with Crippen molar-refractivity contribution in [2.45, 2.75) is 32.2 Å². The van der Waals surface area contributed by atoms with Gasteiger partial charge >= 0.3 is 0 Å². The number of amides is 1. The molecule has 0 aliphatic carbocycles. The normalized spacial score (nSPS) is 17.3. The molecule has 1 aliphatic rings. The maximum absolute atomic E-state index is 11.7. The van der Waals surface area contributed by atoms with Crippen LogP contribution in [0.5, 0.6) is 0 Å². The number of nitrogens with two attached hydrogens (primary N) is 1. The number of hydrogen-bond donors (Lipinski definition) is 2. The first-order chi connectivity index (χ1) is 8.68. The molecule has 1 aromatic rings. The maximum Gasteiger partial charge on any atom is 0.241 e. The Kier molecular flexibility index (Phi) is 4.20. The first kappa shape index (κ1) is 12.9. The van der Waals surface area contributed by atoms with Gasteiger partial charge in [-0.1, -0.05) is 12.1 Å². The van der Waals surface area contributed by atoms with Gasteiger partial charge in [-0.25, -0.2) is 0 Å². The van der Waals surface area contributed by atoms with Crippen LogP contribution in [-0.2, 0) is 4.79 Å². The molecule has 3 N–H and O–H groups in total. The van der Waals surface area contributed by atoms with Crippen molar-refractivity contribution in [2.75, 3.05) is 23.3 Å². The highest BCUT2D eigenvalue weighted by Gasteiger charge is 2.16. The van der Waals surface area contributed by atoms with Gasteiger partial charge in [0, 0.05) is 13.1 Å². The van der Waals surface area contributed by atoms with Gasteiger partial charge in [0.25, 0.3) is 0 Å². The Hall–Kier alpha value is -1.55. The van der Waals surface area contributed by atoms with E-state index >= 15 is 0 Å². The van der Waals surface area contributed by atoms with Crippen molar-refractivity contribution >= 4 is 17.3 Å². The molecule has 0 spiro atoms. The van der Waals surface area contributed by atoms with E-state index in [0.717, 1.165) is 24.5 Å². The minimum absolute atomic E-state index is 0.139. The van der Waals surface area contributed by atoms with E-state index in [1.165, 1.54) is 19.3 Å². The summed E-state index contributed by atoms with van der Waals surface area (Å²) < 4.78 is 0. The van der Waals surface area contributed by atoms with Gasteiger partial charge in [0.1, 0.15) is 0 Å². The molecule has 1 atom stereocenters. The minimum atomic E-state index is -0.487. The van der Waals surface area contributed by atoms with E-state index in [2.05, 4.69) is 16.3 Å². The lowest BCUT2D eigenvalue weighted by molar-refractivity contribution is -0.117. The van der Waals surface area contributed by atoms with Crippen LogP contribution in [0, 0.1) is 0 Å². The van der Waals surface area contributed by atoms with E-state index in [4.69, 9.17) is 5.73 Å². The van der Waals surface area contributed by atoms with Crippen molar-refractivity contribution < 1.29 is 4.79 Å². The number of benzene rings is 1. The van der Waals surface area contributed by atoms with E-state index in [0.29, 0.717) is 0 Å². The Morgan fingerprint density at radius 1 is 1.28 bits per heavy atom. The Balaban J connectivity index is 2.16. The average molecular weight is 247 g/mol. The second-order valence-electron chi connectivity index (χ2n) is 4.84. The Morgan fingerprint density at radius 3 is 2.61 bits per heavy atom. The van der Waals surface area contributed by atoms with Crippen LogP contribution < -0.4 is 16.0 Å². The fourth-order valence-corrected chi connectivity index (χ4v) is 2.24. The number of carbonyl (C=O) groups excluding carboxylic acids is 1. The summed E-state index contributed by atoms with van der Waals surface area (Å²) in [6, 6.07) is 7.45. The van der Waals surface area contributed by atoms with Crippen LogP contribution in [0.15, 0.2) is 24.3 Å². The monoisotopic (exact) mass is 247 g/mol. The molecule has 1 aromatic carbocycles. The zero-order chi connectivity index (χ0) is 13.0. The van der Waals surface area contributed by atoms with Crippen LogP contribution in [0.2, 0.25) is 0 Å². The molecule has 0 saturated carbocycles. The summed E-state index contributed by atoms with van der Waals surface area (Å²) in [4.78, 5) is 14.0.